The van der Waals surface area contributed by atoms with Gasteiger partial charge in [0.25, 0.3) is 0 Å². The molecule has 1 aromatic rings. The lowest BCUT2D eigenvalue weighted by atomic mass is 10.1. The molecule has 0 fully saturated rings. The molecule has 1 aliphatic heterocycles. The summed E-state index contributed by atoms with van der Waals surface area (Å²) in [5, 5.41) is 0. The SMILES string of the molecule is COCCCNS(=O)(=O)c1ccc2c(c1)CCCS2. The number of hydrogen-bond donors (Lipinski definition) is 1. The molecular formula is C13H19NO3S2. The number of sulfonamides is 1. The Morgan fingerprint density at radius 3 is 3.05 bits per heavy atom. The maximum Gasteiger partial charge on any atom is 0.240 e. The van der Waals surface area contributed by atoms with E-state index < -0.39 is 10.0 Å². The standard InChI is InChI=1S/C13H19NO3S2/c1-17-8-3-7-14-19(15,16)12-5-6-13-11(10-12)4-2-9-18-13/h5-6,10,14H,2-4,7-9H2,1H3. The van der Waals surface area contributed by atoms with Gasteiger partial charge in [-0.05, 0) is 48.8 Å². The van der Waals surface area contributed by atoms with Crippen molar-refractivity contribution in [2.45, 2.75) is 29.1 Å². The highest BCUT2D eigenvalue weighted by atomic mass is 32.2. The van der Waals surface area contributed by atoms with E-state index in [1.807, 2.05) is 6.07 Å². The van der Waals surface area contributed by atoms with Crippen molar-refractivity contribution in [1.29, 1.82) is 0 Å². The molecule has 6 heteroatoms. The maximum absolute atomic E-state index is 12.1. The average Bonchev–Trinajstić information content (AvgIpc) is 2.43. The van der Waals surface area contributed by atoms with Crippen LogP contribution in [0.3, 0.4) is 0 Å². The van der Waals surface area contributed by atoms with Crippen molar-refractivity contribution in [3.8, 4) is 0 Å². The zero-order valence-corrected chi connectivity index (χ0v) is 12.6. The molecule has 0 aromatic heterocycles. The van der Waals surface area contributed by atoms with Crippen LogP contribution in [0.15, 0.2) is 28.0 Å². The number of rotatable bonds is 6. The van der Waals surface area contributed by atoms with Gasteiger partial charge < -0.3 is 4.74 Å². The molecule has 0 aliphatic carbocycles. The summed E-state index contributed by atoms with van der Waals surface area (Å²) in [5.74, 6) is 1.12. The van der Waals surface area contributed by atoms with E-state index in [1.165, 1.54) is 4.90 Å². The van der Waals surface area contributed by atoms with E-state index in [4.69, 9.17) is 4.74 Å². The summed E-state index contributed by atoms with van der Waals surface area (Å²) in [6, 6.07) is 5.42. The minimum atomic E-state index is -3.39. The van der Waals surface area contributed by atoms with Crippen molar-refractivity contribution in [1.82, 2.24) is 4.72 Å². The number of ether oxygens (including phenoxy) is 1. The van der Waals surface area contributed by atoms with Gasteiger partial charge in [0, 0.05) is 25.2 Å². The molecule has 0 saturated carbocycles. The van der Waals surface area contributed by atoms with Crippen LogP contribution in [0.5, 0.6) is 0 Å². The van der Waals surface area contributed by atoms with Gasteiger partial charge in [-0.3, -0.25) is 0 Å². The molecule has 0 radical (unpaired) electrons. The van der Waals surface area contributed by atoms with Gasteiger partial charge in [0.15, 0.2) is 0 Å². The molecule has 0 atom stereocenters. The highest BCUT2D eigenvalue weighted by Crippen LogP contribution is 2.31. The van der Waals surface area contributed by atoms with Crippen LogP contribution in [0.4, 0.5) is 0 Å². The summed E-state index contributed by atoms with van der Waals surface area (Å²) in [6.45, 7) is 0.964. The third kappa shape index (κ3) is 3.95. The first-order valence-corrected chi connectivity index (χ1v) is 8.85. The number of thioether (sulfide) groups is 1. The lowest BCUT2D eigenvalue weighted by Crippen LogP contribution is -2.25. The number of fused-ring (bicyclic) bond motifs is 1. The van der Waals surface area contributed by atoms with Gasteiger partial charge in [-0.25, -0.2) is 13.1 Å². The van der Waals surface area contributed by atoms with Crippen molar-refractivity contribution < 1.29 is 13.2 Å². The molecule has 1 heterocycles. The monoisotopic (exact) mass is 301 g/mol. The zero-order valence-electron chi connectivity index (χ0n) is 11.0. The molecule has 106 valence electrons. The van der Waals surface area contributed by atoms with Crippen LogP contribution in [0.1, 0.15) is 18.4 Å². The summed E-state index contributed by atoms with van der Waals surface area (Å²) in [4.78, 5) is 1.58. The first kappa shape index (κ1) is 14.8. The molecule has 19 heavy (non-hydrogen) atoms. The van der Waals surface area contributed by atoms with Crippen LogP contribution in [0.25, 0.3) is 0 Å². The number of benzene rings is 1. The van der Waals surface area contributed by atoms with Crippen LogP contribution in [-0.4, -0.2) is 34.4 Å². The van der Waals surface area contributed by atoms with Crippen molar-refractivity contribution in [2.75, 3.05) is 26.0 Å². The molecular weight excluding hydrogens is 282 g/mol. The maximum atomic E-state index is 12.1. The molecule has 0 bridgehead atoms. The van der Waals surface area contributed by atoms with E-state index in [0.29, 0.717) is 24.5 Å². The summed E-state index contributed by atoms with van der Waals surface area (Å²) in [6.07, 6.45) is 2.76. The fourth-order valence-corrected chi connectivity index (χ4v) is 4.15. The smallest absolute Gasteiger partial charge is 0.240 e. The predicted octanol–water partition coefficient (Wildman–Crippen LogP) is 2.04. The zero-order chi connectivity index (χ0) is 13.7. The second-order valence-corrected chi connectivity index (χ2v) is 7.37. The van der Waals surface area contributed by atoms with Gasteiger partial charge in [-0.1, -0.05) is 0 Å². The van der Waals surface area contributed by atoms with Crippen LogP contribution in [0.2, 0.25) is 0 Å². The second kappa shape index (κ2) is 6.74. The van der Waals surface area contributed by atoms with Crippen LogP contribution in [0, 0.1) is 0 Å². The van der Waals surface area contributed by atoms with E-state index in [1.54, 1.807) is 31.0 Å². The minimum absolute atomic E-state index is 0.367. The Balaban J connectivity index is 2.07. The quantitative estimate of drug-likeness (QED) is 0.817. The molecule has 0 amide bonds. The highest BCUT2D eigenvalue weighted by molar-refractivity contribution is 7.99. The van der Waals surface area contributed by atoms with Crippen LogP contribution < -0.4 is 4.72 Å². The molecule has 1 aromatic carbocycles. The van der Waals surface area contributed by atoms with Gasteiger partial charge in [-0.15, -0.1) is 11.8 Å². The first-order valence-electron chi connectivity index (χ1n) is 6.38. The lowest BCUT2D eigenvalue weighted by molar-refractivity contribution is 0.196. The van der Waals surface area contributed by atoms with Gasteiger partial charge in [0.2, 0.25) is 10.0 Å². The number of aryl methyl sites for hydroxylation is 1. The van der Waals surface area contributed by atoms with Gasteiger partial charge in [0.1, 0.15) is 0 Å². The molecule has 0 unspecified atom stereocenters. The van der Waals surface area contributed by atoms with Crippen molar-refractivity contribution >= 4 is 21.8 Å². The van der Waals surface area contributed by atoms with Crippen molar-refractivity contribution in [3.05, 3.63) is 23.8 Å². The Morgan fingerprint density at radius 2 is 2.26 bits per heavy atom. The largest absolute Gasteiger partial charge is 0.385 e. The topological polar surface area (TPSA) is 55.4 Å². The number of nitrogens with one attached hydrogen (secondary N) is 1. The Labute approximate surface area is 119 Å². The molecule has 0 saturated heterocycles. The Hall–Kier alpha value is -0.560. The number of methoxy groups -OCH3 is 1. The first-order chi connectivity index (χ1) is 9.13. The fourth-order valence-electron chi connectivity index (χ4n) is 2.01. The Kier molecular flexibility index (Phi) is 5.27. The number of hydrogen-bond acceptors (Lipinski definition) is 4. The van der Waals surface area contributed by atoms with Gasteiger partial charge >= 0.3 is 0 Å². The van der Waals surface area contributed by atoms with Crippen molar-refractivity contribution in [2.24, 2.45) is 0 Å². The minimum Gasteiger partial charge on any atom is -0.385 e. The summed E-state index contributed by atoms with van der Waals surface area (Å²) >= 11 is 1.80. The summed E-state index contributed by atoms with van der Waals surface area (Å²) < 4.78 is 31.7. The van der Waals surface area contributed by atoms with E-state index in [9.17, 15) is 8.42 Å². The normalized spacial score (nSPS) is 15.2. The Bertz CT molecular complexity index is 529. The fraction of sp³-hybridized carbons (Fsp3) is 0.538. The second-order valence-electron chi connectivity index (χ2n) is 4.47. The summed E-state index contributed by atoms with van der Waals surface area (Å²) in [7, 11) is -1.78. The molecule has 1 aliphatic rings. The molecule has 0 spiro atoms. The van der Waals surface area contributed by atoms with Crippen LogP contribution in [-0.2, 0) is 21.2 Å². The molecule has 2 rings (SSSR count). The van der Waals surface area contributed by atoms with Gasteiger partial charge in [0.05, 0.1) is 4.90 Å². The Morgan fingerprint density at radius 1 is 1.42 bits per heavy atom. The van der Waals surface area contributed by atoms with E-state index in [0.717, 1.165) is 24.2 Å². The molecule has 1 N–H and O–H groups in total. The van der Waals surface area contributed by atoms with E-state index >= 15 is 0 Å². The highest BCUT2D eigenvalue weighted by Gasteiger charge is 2.17. The lowest BCUT2D eigenvalue weighted by Gasteiger charge is -2.16. The van der Waals surface area contributed by atoms with E-state index in [2.05, 4.69) is 4.72 Å². The predicted molar refractivity (Wildman–Crippen MR) is 77.2 cm³/mol. The van der Waals surface area contributed by atoms with Crippen LogP contribution >= 0.6 is 11.8 Å². The average molecular weight is 301 g/mol. The van der Waals surface area contributed by atoms with E-state index in [-0.39, 0.29) is 0 Å². The van der Waals surface area contributed by atoms with Gasteiger partial charge in [-0.2, -0.15) is 0 Å². The summed E-state index contributed by atoms with van der Waals surface area (Å²) in [5.41, 5.74) is 1.15. The van der Waals surface area contributed by atoms with Crippen molar-refractivity contribution in [3.63, 3.8) is 0 Å². The third-order valence-electron chi connectivity index (χ3n) is 3.01. The molecule has 4 nitrogen and oxygen atoms in total. The third-order valence-corrected chi connectivity index (χ3v) is 5.67.